The van der Waals surface area contributed by atoms with Crippen LogP contribution in [0, 0.1) is 0 Å². The highest BCUT2D eigenvalue weighted by molar-refractivity contribution is 5.97. The highest BCUT2D eigenvalue weighted by Gasteiger charge is 2.15. The minimum atomic E-state index is -0.583. The molecule has 3 N–H and O–H groups in total. The van der Waals surface area contributed by atoms with Gasteiger partial charge in [-0.1, -0.05) is 12.1 Å². The van der Waals surface area contributed by atoms with Gasteiger partial charge in [0.1, 0.15) is 5.75 Å². The van der Waals surface area contributed by atoms with Crippen LogP contribution in [0.3, 0.4) is 0 Å². The number of nitrogens with zero attached hydrogens (tertiary/aromatic N) is 1. The van der Waals surface area contributed by atoms with Gasteiger partial charge in [-0.3, -0.25) is 9.59 Å². The summed E-state index contributed by atoms with van der Waals surface area (Å²) in [6, 6.07) is 11.2. The van der Waals surface area contributed by atoms with Crippen LogP contribution in [0.25, 0.3) is 10.9 Å². The first kappa shape index (κ1) is 15.7. The smallest absolute Gasteiger partial charge is 0.275 e. The third kappa shape index (κ3) is 2.84. The fraction of sp³-hybridized carbons (Fsp3) is 0.0556. The van der Waals surface area contributed by atoms with E-state index in [0.717, 1.165) is 5.39 Å². The molecule has 0 atom stereocenters. The second-order valence-electron chi connectivity index (χ2n) is 5.56. The van der Waals surface area contributed by atoms with E-state index in [1.54, 1.807) is 30.3 Å². The number of aromatic hydroxyl groups is 1. The van der Waals surface area contributed by atoms with Crippen LogP contribution in [0.2, 0.25) is 0 Å². The lowest BCUT2D eigenvalue weighted by Crippen LogP contribution is -2.19. The number of para-hydroxylation sites is 1. The summed E-state index contributed by atoms with van der Waals surface area (Å²) in [6.45, 7) is 0.141. The van der Waals surface area contributed by atoms with Crippen LogP contribution in [-0.4, -0.2) is 29.0 Å². The van der Waals surface area contributed by atoms with Gasteiger partial charge in [0.15, 0.2) is 11.5 Å². The maximum Gasteiger partial charge on any atom is 0.275 e. The number of aromatic nitrogens is 1. The maximum absolute atomic E-state index is 12.2. The molecule has 0 bridgehead atoms. The van der Waals surface area contributed by atoms with Crippen molar-refractivity contribution >= 4 is 23.0 Å². The summed E-state index contributed by atoms with van der Waals surface area (Å²) in [5, 5.41) is 14.2. The Morgan fingerprint density at radius 1 is 1.19 bits per heavy atom. The zero-order valence-electron chi connectivity index (χ0n) is 13.4. The highest BCUT2D eigenvalue weighted by atomic mass is 16.7. The van der Waals surface area contributed by atoms with Gasteiger partial charge in [0.2, 0.25) is 6.79 Å². The molecular formula is C18H13N3O5. The minimum Gasteiger partial charge on any atom is -0.507 e. The molecule has 8 nitrogen and oxygen atoms in total. The first-order valence-corrected chi connectivity index (χ1v) is 7.70. The summed E-state index contributed by atoms with van der Waals surface area (Å²) in [6.07, 6.45) is 1.24. The van der Waals surface area contributed by atoms with E-state index in [0.29, 0.717) is 17.0 Å². The molecule has 2 heterocycles. The Kier molecular flexibility index (Phi) is 3.77. The summed E-state index contributed by atoms with van der Waals surface area (Å²) in [5.41, 5.74) is 2.87. The predicted molar refractivity (Wildman–Crippen MR) is 93.9 cm³/mol. The number of hydrogen-bond donors (Lipinski definition) is 3. The number of amides is 1. The number of ether oxygens (including phenoxy) is 2. The number of pyridine rings is 1. The molecule has 26 heavy (non-hydrogen) atoms. The number of hydrogen-bond acceptors (Lipinski definition) is 6. The zero-order chi connectivity index (χ0) is 18.1. The Balaban J connectivity index is 1.59. The van der Waals surface area contributed by atoms with E-state index in [1.165, 1.54) is 18.3 Å². The third-order valence-electron chi connectivity index (χ3n) is 3.88. The lowest BCUT2D eigenvalue weighted by molar-refractivity contribution is 0.0952. The molecule has 130 valence electrons. The van der Waals surface area contributed by atoms with Gasteiger partial charge in [0, 0.05) is 11.5 Å². The number of H-pyrrole nitrogens is 1. The topological polar surface area (TPSA) is 113 Å². The van der Waals surface area contributed by atoms with Crippen molar-refractivity contribution in [2.24, 2.45) is 5.10 Å². The van der Waals surface area contributed by atoms with Gasteiger partial charge in [0.25, 0.3) is 11.5 Å². The zero-order valence-corrected chi connectivity index (χ0v) is 13.4. The Labute approximate surface area is 146 Å². The molecule has 0 saturated heterocycles. The molecular weight excluding hydrogens is 338 g/mol. The molecule has 1 amide bonds. The van der Waals surface area contributed by atoms with Crippen LogP contribution in [0.5, 0.6) is 17.2 Å². The molecule has 4 rings (SSSR count). The summed E-state index contributed by atoms with van der Waals surface area (Å²) in [4.78, 5) is 26.9. The number of nitrogens with one attached hydrogen (secondary N) is 2. The number of fused-ring (bicyclic) bond motifs is 2. The maximum atomic E-state index is 12.2. The molecule has 0 spiro atoms. The predicted octanol–water partition coefficient (Wildman–Crippen LogP) is 1.73. The Morgan fingerprint density at radius 3 is 2.77 bits per heavy atom. The number of carbonyl (C=O) groups is 1. The van der Waals surface area contributed by atoms with Gasteiger partial charge in [-0.2, -0.15) is 5.10 Å². The van der Waals surface area contributed by atoms with Crippen molar-refractivity contribution in [1.82, 2.24) is 10.4 Å². The molecule has 2 aromatic carbocycles. The van der Waals surface area contributed by atoms with Gasteiger partial charge in [-0.15, -0.1) is 0 Å². The molecule has 1 aliphatic rings. The van der Waals surface area contributed by atoms with Crippen LogP contribution < -0.4 is 20.5 Å². The first-order valence-electron chi connectivity index (χ1n) is 7.70. The van der Waals surface area contributed by atoms with E-state index in [-0.39, 0.29) is 29.2 Å². The standard InChI is InChI=1S/C18H13N3O5/c22-14-4-2-1-3-12(14)18(24)21-19-8-11-5-10-6-15-16(26-9-25-15)7-13(10)20-17(11)23/h1-8,22H,9H2,(H,20,23)(H,21,24). The quantitative estimate of drug-likeness (QED) is 0.491. The average Bonchev–Trinajstić information content (AvgIpc) is 3.07. The van der Waals surface area contributed by atoms with E-state index in [1.807, 2.05) is 0 Å². The number of carbonyl (C=O) groups excluding carboxylic acids is 1. The normalized spacial score (nSPS) is 12.6. The van der Waals surface area contributed by atoms with E-state index in [2.05, 4.69) is 15.5 Å². The summed E-state index contributed by atoms with van der Waals surface area (Å²) >= 11 is 0. The lowest BCUT2D eigenvalue weighted by atomic mass is 10.1. The number of hydrazone groups is 1. The molecule has 0 unspecified atom stereocenters. The van der Waals surface area contributed by atoms with E-state index in [4.69, 9.17) is 9.47 Å². The fourth-order valence-corrected chi connectivity index (χ4v) is 2.60. The number of benzene rings is 2. The van der Waals surface area contributed by atoms with Gasteiger partial charge in [-0.05, 0) is 24.3 Å². The third-order valence-corrected chi connectivity index (χ3v) is 3.88. The van der Waals surface area contributed by atoms with Crippen LogP contribution in [0.15, 0.2) is 52.4 Å². The van der Waals surface area contributed by atoms with Gasteiger partial charge >= 0.3 is 0 Å². The summed E-state index contributed by atoms with van der Waals surface area (Å²) in [7, 11) is 0. The van der Waals surface area contributed by atoms with Crippen molar-refractivity contribution in [3.63, 3.8) is 0 Å². The summed E-state index contributed by atoms with van der Waals surface area (Å²) in [5.74, 6) is 0.435. The van der Waals surface area contributed by atoms with Crippen LogP contribution in [0.4, 0.5) is 0 Å². The summed E-state index contributed by atoms with van der Waals surface area (Å²) < 4.78 is 10.6. The van der Waals surface area contributed by atoms with Crippen molar-refractivity contribution in [2.45, 2.75) is 0 Å². The van der Waals surface area contributed by atoms with Gasteiger partial charge in [0.05, 0.1) is 22.9 Å². The molecule has 0 saturated carbocycles. The van der Waals surface area contributed by atoms with Crippen molar-refractivity contribution in [2.75, 3.05) is 6.79 Å². The van der Waals surface area contributed by atoms with Crippen LogP contribution in [-0.2, 0) is 0 Å². The van der Waals surface area contributed by atoms with Crippen LogP contribution in [0.1, 0.15) is 15.9 Å². The minimum absolute atomic E-state index is 0.0878. The second-order valence-corrected chi connectivity index (χ2v) is 5.56. The lowest BCUT2D eigenvalue weighted by Gasteiger charge is -2.03. The van der Waals surface area contributed by atoms with Crippen molar-refractivity contribution in [3.8, 4) is 17.2 Å². The van der Waals surface area contributed by atoms with Crippen LogP contribution >= 0.6 is 0 Å². The molecule has 0 aliphatic carbocycles. The van der Waals surface area contributed by atoms with Gasteiger partial charge in [-0.25, -0.2) is 5.43 Å². The largest absolute Gasteiger partial charge is 0.507 e. The van der Waals surface area contributed by atoms with Crippen molar-refractivity contribution < 1.29 is 19.4 Å². The molecule has 8 heteroatoms. The second kappa shape index (κ2) is 6.25. The average molecular weight is 351 g/mol. The molecule has 3 aromatic rings. The molecule has 0 fully saturated rings. The Bertz CT molecular complexity index is 1100. The monoisotopic (exact) mass is 351 g/mol. The molecule has 0 radical (unpaired) electrons. The number of phenols is 1. The number of aromatic amines is 1. The number of rotatable bonds is 3. The molecule has 1 aliphatic heterocycles. The van der Waals surface area contributed by atoms with Crippen molar-refractivity contribution in [3.05, 3.63) is 63.9 Å². The SMILES string of the molecule is O=C(NN=Cc1cc2cc3c(cc2[nH]c1=O)OCO3)c1ccccc1O. The van der Waals surface area contributed by atoms with E-state index < -0.39 is 5.91 Å². The van der Waals surface area contributed by atoms with Crippen molar-refractivity contribution in [1.29, 1.82) is 0 Å². The van der Waals surface area contributed by atoms with E-state index >= 15 is 0 Å². The highest BCUT2D eigenvalue weighted by Crippen LogP contribution is 2.35. The first-order chi connectivity index (χ1) is 12.6. The molecule has 1 aromatic heterocycles. The Morgan fingerprint density at radius 2 is 1.96 bits per heavy atom. The van der Waals surface area contributed by atoms with Gasteiger partial charge < -0.3 is 19.6 Å². The fourth-order valence-electron chi connectivity index (χ4n) is 2.60. The van der Waals surface area contributed by atoms with E-state index in [9.17, 15) is 14.7 Å². The Hall–Kier alpha value is -3.81. The number of phenolic OH excluding ortho intramolecular Hbond substituents is 1.